The molecule has 35 heavy (non-hydrogen) atoms. The second kappa shape index (κ2) is 9.70. The van der Waals surface area contributed by atoms with Gasteiger partial charge in [-0.05, 0) is 78.9 Å². The SMILES string of the molecule is Cc1c(-c2ccc(C(C)(F)F)cc2)csc1CN1CCc2ccc(OC(C)(C)C(=O)O)cc2CC1. The Kier molecular flexibility index (Phi) is 7.02. The molecule has 0 spiro atoms. The van der Waals surface area contributed by atoms with Crippen molar-refractivity contribution in [1.29, 1.82) is 0 Å². The Labute approximate surface area is 209 Å². The molecule has 7 heteroatoms. The maximum Gasteiger partial charge on any atom is 0.347 e. The van der Waals surface area contributed by atoms with Crippen LogP contribution >= 0.6 is 11.3 Å². The van der Waals surface area contributed by atoms with E-state index < -0.39 is 17.5 Å². The highest BCUT2D eigenvalue weighted by atomic mass is 32.1. The third-order valence-electron chi connectivity index (χ3n) is 6.67. The summed E-state index contributed by atoms with van der Waals surface area (Å²) in [5.74, 6) is -3.25. The largest absolute Gasteiger partial charge is 0.478 e. The first-order chi connectivity index (χ1) is 16.4. The molecular formula is C28H31F2NO3S. The third kappa shape index (κ3) is 5.73. The number of aliphatic carboxylic acids is 1. The summed E-state index contributed by atoms with van der Waals surface area (Å²) in [7, 11) is 0. The molecule has 0 saturated heterocycles. The zero-order valence-corrected chi connectivity index (χ0v) is 21.3. The molecule has 0 aliphatic carbocycles. The average molecular weight is 500 g/mol. The van der Waals surface area contributed by atoms with Crippen molar-refractivity contribution in [3.05, 3.63) is 75.0 Å². The van der Waals surface area contributed by atoms with E-state index in [0.717, 1.165) is 50.5 Å². The average Bonchev–Trinajstić information content (AvgIpc) is 3.02. The number of rotatable bonds is 7. The predicted molar refractivity (Wildman–Crippen MR) is 136 cm³/mol. The molecule has 0 atom stereocenters. The maximum absolute atomic E-state index is 13.6. The van der Waals surface area contributed by atoms with Crippen LogP contribution < -0.4 is 4.74 Å². The molecule has 0 saturated carbocycles. The van der Waals surface area contributed by atoms with Gasteiger partial charge in [0.25, 0.3) is 5.92 Å². The number of carboxylic acid groups (broad SMARTS) is 1. The van der Waals surface area contributed by atoms with Gasteiger partial charge >= 0.3 is 5.97 Å². The Morgan fingerprint density at radius 1 is 1.06 bits per heavy atom. The molecule has 1 N–H and O–H groups in total. The van der Waals surface area contributed by atoms with Gasteiger partial charge in [-0.1, -0.05) is 30.3 Å². The minimum Gasteiger partial charge on any atom is -0.478 e. The van der Waals surface area contributed by atoms with E-state index in [0.29, 0.717) is 5.75 Å². The number of hydrogen-bond acceptors (Lipinski definition) is 4. The molecule has 1 aromatic heterocycles. The van der Waals surface area contributed by atoms with E-state index in [9.17, 15) is 18.7 Å². The normalized spacial score (nSPS) is 14.9. The van der Waals surface area contributed by atoms with Gasteiger partial charge in [0.05, 0.1) is 0 Å². The first kappa shape index (κ1) is 25.3. The molecule has 4 rings (SSSR count). The number of thiophene rings is 1. The molecule has 1 aliphatic heterocycles. The summed E-state index contributed by atoms with van der Waals surface area (Å²) in [5.41, 5.74) is 4.46. The Morgan fingerprint density at radius 2 is 1.71 bits per heavy atom. The van der Waals surface area contributed by atoms with Gasteiger partial charge in [-0.2, -0.15) is 0 Å². The topological polar surface area (TPSA) is 49.8 Å². The zero-order chi connectivity index (χ0) is 25.4. The Bertz CT molecular complexity index is 1210. The Hall–Kier alpha value is -2.77. The first-order valence-electron chi connectivity index (χ1n) is 11.8. The highest BCUT2D eigenvalue weighted by Gasteiger charge is 2.30. The molecule has 1 aliphatic rings. The van der Waals surface area contributed by atoms with Gasteiger partial charge in [-0.25, -0.2) is 13.6 Å². The Morgan fingerprint density at radius 3 is 2.34 bits per heavy atom. The van der Waals surface area contributed by atoms with Gasteiger partial charge in [-0.3, -0.25) is 4.90 Å². The molecule has 2 aromatic carbocycles. The summed E-state index contributed by atoms with van der Waals surface area (Å²) in [6, 6.07) is 12.4. The van der Waals surface area contributed by atoms with Crippen molar-refractivity contribution in [3.8, 4) is 16.9 Å². The van der Waals surface area contributed by atoms with Gasteiger partial charge in [0.15, 0.2) is 5.60 Å². The number of benzene rings is 2. The molecular weight excluding hydrogens is 468 g/mol. The van der Waals surface area contributed by atoms with Crippen LogP contribution in [0.3, 0.4) is 0 Å². The third-order valence-corrected chi connectivity index (χ3v) is 7.75. The summed E-state index contributed by atoms with van der Waals surface area (Å²) in [6.07, 6.45) is 1.78. The lowest BCUT2D eigenvalue weighted by Crippen LogP contribution is -2.37. The lowest BCUT2D eigenvalue weighted by atomic mass is 10.0. The second-order valence-electron chi connectivity index (χ2n) is 9.79. The van der Waals surface area contributed by atoms with Crippen molar-refractivity contribution in [2.45, 2.75) is 58.6 Å². The number of halogens is 2. The molecule has 2 heterocycles. The van der Waals surface area contributed by atoms with Crippen molar-refractivity contribution < 1.29 is 23.4 Å². The van der Waals surface area contributed by atoms with E-state index >= 15 is 0 Å². The number of ether oxygens (including phenoxy) is 1. The summed E-state index contributed by atoms with van der Waals surface area (Å²) < 4.78 is 32.8. The van der Waals surface area contributed by atoms with E-state index in [-0.39, 0.29) is 5.56 Å². The number of hydrogen-bond donors (Lipinski definition) is 1. The van der Waals surface area contributed by atoms with Crippen molar-refractivity contribution >= 4 is 17.3 Å². The number of alkyl halides is 2. The first-order valence-corrected chi connectivity index (χ1v) is 12.6. The maximum atomic E-state index is 13.6. The fourth-order valence-electron chi connectivity index (χ4n) is 4.35. The standard InChI is InChI=1S/C28H31F2NO3S/c1-18-24(20-5-8-22(9-6-20)28(4,29)30)17-35-25(18)16-31-13-11-19-7-10-23(15-21(19)12-14-31)34-27(2,3)26(32)33/h5-10,15,17H,11-14,16H2,1-4H3,(H,32,33). The number of carboxylic acids is 1. The van der Waals surface area contributed by atoms with Crippen molar-refractivity contribution in [3.63, 3.8) is 0 Å². The summed E-state index contributed by atoms with van der Waals surface area (Å²) in [5, 5.41) is 11.5. The van der Waals surface area contributed by atoms with Gasteiger partial charge in [-0.15, -0.1) is 11.3 Å². The van der Waals surface area contributed by atoms with Crippen LogP contribution in [0.25, 0.3) is 11.1 Å². The fourth-order valence-corrected chi connectivity index (χ4v) is 5.47. The molecule has 3 aromatic rings. The number of carbonyl (C=O) groups is 1. The van der Waals surface area contributed by atoms with E-state index in [1.54, 1.807) is 37.3 Å². The number of nitrogens with zero attached hydrogens (tertiary/aromatic N) is 1. The molecule has 0 bridgehead atoms. The molecule has 186 valence electrons. The van der Waals surface area contributed by atoms with Gasteiger partial charge in [0, 0.05) is 37.0 Å². The monoisotopic (exact) mass is 499 g/mol. The second-order valence-corrected chi connectivity index (χ2v) is 10.8. The summed E-state index contributed by atoms with van der Waals surface area (Å²) in [4.78, 5) is 15.1. The summed E-state index contributed by atoms with van der Waals surface area (Å²) >= 11 is 1.71. The van der Waals surface area contributed by atoms with Crippen LogP contribution in [0, 0.1) is 6.92 Å². The van der Waals surface area contributed by atoms with E-state index in [1.165, 1.54) is 33.7 Å². The van der Waals surface area contributed by atoms with Gasteiger partial charge in [0.1, 0.15) is 5.75 Å². The lowest BCUT2D eigenvalue weighted by Gasteiger charge is -2.22. The highest BCUT2D eigenvalue weighted by molar-refractivity contribution is 7.10. The van der Waals surface area contributed by atoms with Crippen LogP contribution in [-0.2, 0) is 30.1 Å². The minimum absolute atomic E-state index is 0.0265. The number of fused-ring (bicyclic) bond motifs is 1. The van der Waals surface area contributed by atoms with E-state index in [1.807, 2.05) is 18.2 Å². The van der Waals surface area contributed by atoms with Crippen molar-refractivity contribution in [1.82, 2.24) is 4.90 Å². The molecule has 0 amide bonds. The quantitative estimate of drug-likeness (QED) is 0.394. The zero-order valence-electron chi connectivity index (χ0n) is 20.5. The molecule has 0 fully saturated rings. The van der Waals surface area contributed by atoms with Crippen LogP contribution in [0.5, 0.6) is 5.75 Å². The predicted octanol–water partition coefficient (Wildman–Crippen LogP) is 6.68. The molecule has 0 radical (unpaired) electrons. The molecule has 4 nitrogen and oxygen atoms in total. The van der Waals surface area contributed by atoms with Crippen LogP contribution in [0.1, 0.15) is 47.9 Å². The highest BCUT2D eigenvalue weighted by Crippen LogP contribution is 2.35. The van der Waals surface area contributed by atoms with Crippen LogP contribution in [0.15, 0.2) is 47.8 Å². The van der Waals surface area contributed by atoms with Crippen molar-refractivity contribution in [2.75, 3.05) is 13.1 Å². The Balaban J connectivity index is 1.44. The van der Waals surface area contributed by atoms with Crippen molar-refractivity contribution in [2.24, 2.45) is 0 Å². The summed E-state index contributed by atoms with van der Waals surface area (Å²) in [6.45, 7) is 8.78. The van der Waals surface area contributed by atoms with Crippen LogP contribution in [-0.4, -0.2) is 34.7 Å². The van der Waals surface area contributed by atoms with Crippen LogP contribution in [0.2, 0.25) is 0 Å². The van der Waals surface area contributed by atoms with Crippen LogP contribution in [0.4, 0.5) is 8.78 Å². The smallest absolute Gasteiger partial charge is 0.347 e. The van der Waals surface area contributed by atoms with Gasteiger partial charge in [0.2, 0.25) is 0 Å². The van der Waals surface area contributed by atoms with Gasteiger partial charge < -0.3 is 9.84 Å². The van der Waals surface area contributed by atoms with E-state index in [2.05, 4.69) is 17.2 Å². The molecule has 0 unspecified atom stereocenters. The minimum atomic E-state index is -2.84. The lowest BCUT2D eigenvalue weighted by molar-refractivity contribution is -0.152. The van der Waals surface area contributed by atoms with E-state index in [4.69, 9.17) is 4.74 Å². The fraction of sp³-hybridized carbons (Fsp3) is 0.393.